The Bertz CT molecular complexity index is 1410. The number of carbonyl (C=O) groups excluding carboxylic acids is 2. The standard InChI is InChI=1S/C81H152O5/c1-3-5-7-9-11-13-15-17-19-21-23-25-27-29-31-33-35-37-38-39-40-41-42-44-46-48-50-52-54-56-58-60-62-64-66-68-70-72-74-76-81(84)86-79(77-82)78-85-80(83)75-73-71-69-67-65-63-61-59-57-55-53-51-49-47-45-43-36-34-32-30-28-26-24-22-20-18-16-14-12-10-8-6-4-2/h5,7,11,13,17,19,23,25,79,82H,3-4,6,8-10,12,14-16,18,20-22,24,26-78H2,1-2H3/b7-5-,13-11-,19-17-,25-23-. The number of ether oxygens (including phenoxy) is 2. The van der Waals surface area contributed by atoms with E-state index in [1.807, 2.05) is 0 Å². The molecule has 86 heavy (non-hydrogen) atoms. The van der Waals surface area contributed by atoms with Crippen molar-refractivity contribution in [3.63, 3.8) is 0 Å². The summed E-state index contributed by atoms with van der Waals surface area (Å²) in [5.74, 6) is -0.561. The van der Waals surface area contributed by atoms with E-state index in [-0.39, 0.29) is 25.2 Å². The smallest absolute Gasteiger partial charge is 0.306 e. The summed E-state index contributed by atoms with van der Waals surface area (Å²) >= 11 is 0. The maximum atomic E-state index is 12.4. The fourth-order valence-corrected chi connectivity index (χ4v) is 12.3. The van der Waals surface area contributed by atoms with Gasteiger partial charge in [-0.1, -0.05) is 422 Å². The van der Waals surface area contributed by atoms with E-state index in [9.17, 15) is 14.7 Å². The van der Waals surface area contributed by atoms with E-state index in [0.29, 0.717) is 12.8 Å². The zero-order chi connectivity index (χ0) is 61.9. The molecule has 0 amide bonds. The Morgan fingerprint density at radius 1 is 0.279 bits per heavy atom. The van der Waals surface area contributed by atoms with Crippen molar-refractivity contribution in [2.45, 2.75) is 444 Å². The van der Waals surface area contributed by atoms with Crippen LogP contribution in [0.3, 0.4) is 0 Å². The van der Waals surface area contributed by atoms with Gasteiger partial charge in [0.15, 0.2) is 6.10 Å². The lowest BCUT2D eigenvalue weighted by atomic mass is 10.0. The number of hydrogen-bond donors (Lipinski definition) is 1. The van der Waals surface area contributed by atoms with Gasteiger partial charge in [-0.25, -0.2) is 0 Å². The Hall–Kier alpha value is -2.14. The Balaban J connectivity index is 3.35. The van der Waals surface area contributed by atoms with Crippen LogP contribution in [-0.4, -0.2) is 36.4 Å². The van der Waals surface area contributed by atoms with Crippen LogP contribution in [0.15, 0.2) is 48.6 Å². The fourth-order valence-electron chi connectivity index (χ4n) is 12.3. The minimum atomic E-state index is -0.769. The molecule has 0 aromatic carbocycles. The molecule has 0 aliphatic rings. The second-order valence-electron chi connectivity index (χ2n) is 26.8. The Morgan fingerprint density at radius 3 is 0.756 bits per heavy atom. The highest BCUT2D eigenvalue weighted by atomic mass is 16.6. The van der Waals surface area contributed by atoms with Gasteiger partial charge in [-0.2, -0.15) is 0 Å². The summed E-state index contributed by atoms with van der Waals surface area (Å²) in [4.78, 5) is 24.7. The summed E-state index contributed by atoms with van der Waals surface area (Å²) in [5.41, 5.74) is 0. The molecule has 0 aromatic heterocycles. The molecular weight excluding hydrogens is 1050 g/mol. The number of aliphatic hydroxyl groups is 1. The SMILES string of the molecule is CC/C=C\C/C=C\C/C=C\C/C=C\CCCCCCCCCCCCCCCCCCCCCCCCCCCCC(=O)OC(CO)COC(=O)CCCCCCCCCCCCCCCCCCCCCCCCCCCCCCCCCCC. The van der Waals surface area contributed by atoms with Crippen molar-refractivity contribution in [3.05, 3.63) is 48.6 Å². The summed E-state index contributed by atoms with van der Waals surface area (Å²) in [6.07, 6.45) is 105. The molecular formula is C81H152O5. The van der Waals surface area contributed by atoms with Crippen LogP contribution in [0.25, 0.3) is 0 Å². The van der Waals surface area contributed by atoms with E-state index in [0.717, 1.165) is 57.8 Å². The number of aliphatic hydroxyl groups excluding tert-OH is 1. The van der Waals surface area contributed by atoms with E-state index in [1.54, 1.807) is 0 Å². The quantitative estimate of drug-likeness (QED) is 0.0373. The molecule has 0 fully saturated rings. The number of hydrogen-bond acceptors (Lipinski definition) is 5. The Labute approximate surface area is 539 Å². The number of allylic oxidation sites excluding steroid dienone is 8. The topological polar surface area (TPSA) is 72.8 Å². The van der Waals surface area contributed by atoms with Crippen LogP contribution in [-0.2, 0) is 19.1 Å². The largest absolute Gasteiger partial charge is 0.462 e. The second-order valence-corrected chi connectivity index (χ2v) is 26.8. The van der Waals surface area contributed by atoms with Crippen LogP contribution < -0.4 is 0 Å². The molecule has 5 heteroatoms. The molecule has 0 radical (unpaired) electrons. The van der Waals surface area contributed by atoms with Gasteiger partial charge in [0, 0.05) is 12.8 Å². The predicted octanol–water partition coefficient (Wildman–Crippen LogP) is 27.4. The van der Waals surface area contributed by atoms with Crippen LogP contribution in [0.5, 0.6) is 0 Å². The predicted molar refractivity (Wildman–Crippen MR) is 381 cm³/mol. The van der Waals surface area contributed by atoms with Gasteiger partial charge in [0.05, 0.1) is 6.61 Å². The summed E-state index contributed by atoms with van der Waals surface area (Å²) in [7, 11) is 0. The normalized spacial score (nSPS) is 12.4. The maximum absolute atomic E-state index is 12.4. The third kappa shape index (κ3) is 74.3. The lowest BCUT2D eigenvalue weighted by Gasteiger charge is -2.15. The number of unbranched alkanes of at least 4 members (excludes halogenated alkanes) is 58. The van der Waals surface area contributed by atoms with E-state index in [2.05, 4.69) is 62.5 Å². The average Bonchev–Trinajstić information content (AvgIpc) is 3.55. The summed E-state index contributed by atoms with van der Waals surface area (Å²) in [6, 6.07) is 0. The van der Waals surface area contributed by atoms with Crippen molar-refractivity contribution in [3.8, 4) is 0 Å². The zero-order valence-electron chi connectivity index (χ0n) is 58.4. The first-order valence-electron chi connectivity index (χ1n) is 39.2. The molecule has 0 saturated heterocycles. The third-order valence-electron chi connectivity index (χ3n) is 18.1. The van der Waals surface area contributed by atoms with Crippen molar-refractivity contribution in [1.29, 1.82) is 0 Å². The van der Waals surface area contributed by atoms with Crippen molar-refractivity contribution < 1.29 is 24.2 Å². The summed E-state index contributed by atoms with van der Waals surface area (Å²) < 4.78 is 10.8. The molecule has 0 bridgehead atoms. The van der Waals surface area contributed by atoms with E-state index >= 15 is 0 Å². The maximum Gasteiger partial charge on any atom is 0.306 e. The second kappa shape index (κ2) is 77.1. The highest BCUT2D eigenvalue weighted by Gasteiger charge is 2.16. The summed E-state index contributed by atoms with van der Waals surface area (Å²) in [5, 5.41) is 9.73. The van der Waals surface area contributed by atoms with E-state index in [1.165, 1.54) is 353 Å². The van der Waals surface area contributed by atoms with E-state index in [4.69, 9.17) is 9.47 Å². The molecule has 0 aliphatic heterocycles. The summed E-state index contributed by atoms with van der Waals surface area (Å²) in [6.45, 7) is 4.10. The minimum absolute atomic E-state index is 0.0579. The molecule has 1 N–H and O–H groups in total. The molecule has 0 rings (SSSR count). The monoisotopic (exact) mass is 1210 g/mol. The van der Waals surface area contributed by atoms with Gasteiger partial charge in [0.1, 0.15) is 6.61 Å². The van der Waals surface area contributed by atoms with E-state index < -0.39 is 6.10 Å². The Kier molecular flexibility index (Phi) is 75.2. The van der Waals surface area contributed by atoms with Gasteiger partial charge in [-0.05, 0) is 51.4 Å². The molecule has 5 nitrogen and oxygen atoms in total. The van der Waals surface area contributed by atoms with Crippen LogP contribution >= 0.6 is 0 Å². The van der Waals surface area contributed by atoms with Crippen LogP contribution in [0.1, 0.15) is 438 Å². The molecule has 0 spiro atoms. The lowest BCUT2D eigenvalue weighted by molar-refractivity contribution is -0.161. The van der Waals surface area contributed by atoms with Gasteiger partial charge in [0.2, 0.25) is 0 Å². The number of carbonyl (C=O) groups is 2. The fraction of sp³-hybridized carbons (Fsp3) is 0.877. The van der Waals surface area contributed by atoms with Crippen molar-refractivity contribution in [2.24, 2.45) is 0 Å². The Morgan fingerprint density at radius 2 is 0.500 bits per heavy atom. The van der Waals surface area contributed by atoms with Gasteiger partial charge in [0.25, 0.3) is 0 Å². The highest BCUT2D eigenvalue weighted by molar-refractivity contribution is 5.70. The molecule has 506 valence electrons. The first kappa shape index (κ1) is 83.9. The molecule has 0 aliphatic carbocycles. The van der Waals surface area contributed by atoms with Gasteiger partial charge in [-0.3, -0.25) is 9.59 Å². The zero-order valence-corrected chi connectivity index (χ0v) is 58.4. The molecule has 1 atom stereocenters. The van der Waals surface area contributed by atoms with Crippen LogP contribution in [0, 0.1) is 0 Å². The van der Waals surface area contributed by atoms with Gasteiger partial charge < -0.3 is 14.6 Å². The van der Waals surface area contributed by atoms with Gasteiger partial charge in [-0.15, -0.1) is 0 Å². The molecule has 0 saturated carbocycles. The number of rotatable bonds is 74. The third-order valence-corrected chi connectivity index (χ3v) is 18.1. The van der Waals surface area contributed by atoms with Crippen molar-refractivity contribution >= 4 is 11.9 Å². The van der Waals surface area contributed by atoms with Gasteiger partial charge >= 0.3 is 11.9 Å². The van der Waals surface area contributed by atoms with Crippen molar-refractivity contribution in [2.75, 3.05) is 13.2 Å². The lowest BCUT2D eigenvalue weighted by Crippen LogP contribution is -2.28. The van der Waals surface area contributed by atoms with Crippen LogP contribution in [0.4, 0.5) is 0 Å². The number of esters is 2. The first-order valence-corrected chi connectivity index (χ1v) is 39.2. The molecule has 0 heterocycles. The van der Waals surface area contributed by atoms with Crippen molar-refractivity contribution in [1.82, 2.24) is 0 Å². The molecule has 0 aromatic rings. The first-order chi connectivity index (χ1) is 42.6. The average molecular weight is 1210 g/mol. The minimum Gasteiger partial charge on any atom is -0.462 e. The highest BCUT2D eigenvalue weighted by Crippen LogP contribution is 2.20. The molecule has 1 unspecified atom stereocenters. The van der Waals surface area contributed by atoms with Crippen LogP contribution in [0.2, 0.25) is 0 Å².